The minimum atomic E-state index is -0.541. The van der Waals surface area contributed by atoms with Gasteiger partial charge in [-0.25, -0.2) is 4.98 Å². The number of hydrogen-bond acceptors (Lipinski definition) is 7. The highest BCUT2D eigenvalue weighted by Crippen LogP contribution is 2.35. The van der Waals surface area contributed by atoms with E-state index in [-0.39, 0.29) is 17.4 Å². The SMILES string of the molecule is COCCOc1cncc2c(-c3ccc(Oc4cccc(OC)c4F)cc3)nc(C3CCNC3)n12. The van der Waals surface area contributed by atoms with E-state index in [4.69, 9.17) is 23.9 Å². The van der Waals surface area contributed by atoms with Gasteiger partial charge < -0.3 is 24.3 Å². The van der Waals surface area contributed by atoms with Gasteiger partial charge >= 0.3 is 0 Å². The third kappa shape index (κ3) is 4.65. The maximum absolute atomic E-state index is 14.5. The molecule has 0 saturated carbocycles. The predicted molar refractivity (Wildman–Crippen MR) is 129 cm³/mol. The molecular weight excluding hydrogens is 451 g/mol. The summed E-state index contributed by atoms with van der Waals surface area (Å²) in [5, 5.41) is 3.41. The molecule has 1 unspecified atom stereocenters. The molecule has 1 atom stereocenters. The molecule has 2 aromatic carbocycles. The lowest BCUT2D eigenvalue weighted by atomic mass is 10.1. The Kier molecular flexibility index (Phi) is 6.78. The molecule has 1 aliphatic heterocycles. The first-order chi connectivity index (χ1) is 17.2. The van der Waals surface area contributed by atoms with Crippen LogP contribution in [-0.4, -0.2) is 54.9 Å². The van der Waals surface area contributed by atoms with E-state index in [1.807, 2.05) is 16.5 Å². The molecule has 0 radical (unpaired) electrons. The van der Waals surface area contributed by atoms with Crippen LogP contribution in [0, 0.1) is 5.82 Å². The second kappa shape index (κ2) is 10.3. The van der Waals surface area contributed by atoms with E-state index in [0.717, 1.165) is 42.1 Å². The number of rotatable bonds is 9. The van der Waals surface area contributed by atoms with Gasteiger partial charge in [0.1, 0.15) is 18.2 Å². The van der Waals surface area contributed by atoms with Crippen molar-refractivity contribution in [1.29, 1.82) is 0 Å². The summed E-state index contributed by atoms with van der Waals surface area (Å²) in [7, 11) is 3.06. The molecule has 8 nitrogen and oxygen atoms in total. The van der Waals surface area contributed by atoms with Crippen molar-refractivity contribution in [2.75, 3.05) is 40.5 Å². The third-order valence-electron chi connectivity index (χ3n) is 6.01. The lowest BCUT2D eigenvalue weighted by Crippen LogP contribution is -2.12. The van der Waals surface area contributed by atoms with E-state index < -0.39 is 5.82 Å². The molecule has 182 valence electrons. The first kappa shape index (κ1) is 23.1. The number of halogens is 1. The highest BCUT2D eigenvalue weighted by molar-refractivity contribution is 5.78. The van der Waals surface area contributed by atoms with Crippen molar-refractivity contribution < 1.29 is 23.3 Å². The van der Waals surface area contributed by atoms with Crippen molar-refractivity contribution in [2.45, 2.75) is 12.3 Å². The molecule has 2 aromatic heterocycles. The van der Waals surface area contributed by atoms with Crippen LogP contribution in [0.5, 0.6) is 23.1 Å². The van der Waals surface area contributed by atoms with Gasteiger partial charge in [-0.15, -0.1) is 0 Å². The first-order valence-electron chi connectivity index (χ1n) is 11.5. The number of methoxy groups -OCH3 is 2. The molecule has 0 bridgehead atoms. The summed E-state index contributed by atoms with van der Waals surface area (Å²) >= 11 is 0. The zero-order chi connectivity index (χ0) is 24.2. The van der Waals surface area contributed by atoms with Crippen LogP contribution in [0.4, 0.5) is 4.39 Å². The summed E-state index contributed by atoms with van der Waals surface area (Å²) in [6.45, 7) is 2.71. The van der Waals surface area contributed by atoms with Crippen molar-refractivity contribution in [3.8, 4) is 34.4 Å². The van der Waals surface area contributed by atoms with Crippen LogP contribution in [0.1, 0.15) is 18.2 Å². The average Bonchev–Trinajstić information content (AvgIpc) is 3.55. The van der Waals surface area contributed by atoms with Gasteiger partial charge in [0.2, 0.25) is 11.7 Å². The van der Waals surface area contributed by atoms with Gasteiger partial charge in [-0.05, 0) is 49.4 Å². The summed E-state index contributed by atoms with van der Waals surface area (Å²) in [6.07, 6.45) is 4.50. The number of benzene rings is 2. The fraction of sp³-hybridized carbons (Fsp3) is 0.308. The Morgan fingerprint density at radius 3 is 2.63 bits per heavy atom. The van der Waals surface area contributed by atoms with Gasteiger partial charge in [-0.2, -0.15) is 4.39 Å². The Bertz CT molecular complexity index is 1300. The lowest BCUT2D eigenvalue weighted by Gasteiger charge is -2.12. The minimum absolute atomic E-state index is 0.0996. The molecule has 1 saturated heterocycles. The Hall–Kier alpha value is -3.69. The molecular formula is C26H27FN4O4. The van der Waals surface area contributed by atoms with Gasteiger partial charge in [0.25, 0.3) is 0 Å². The van der Waals surface area contributed by atoms with Crippen molar-refractivity contribution in [2.24, 2.45) is 0 Å². The Morgan fingerprint density at radius 1 is 1.06 bits per heavy atom. The quantitative estimate of drug-likeness (QED) is 0.356. The zero-order valence-corrected chi connectivity index (χ0v) is 19.7. The van der Waals surface area contributed by atoms with Crippen LogP contribution in [0.25, 0.3) is 16.8 Å². The fourth-order valence-electron chi connectivity index (χ4n) is 4.26. The first-order valence-corrected chi connectivity index (χ1v) is 11.5. The van der Waals surface area contributed by atoms with E-state index in [9.17, 15) is 4.39 Å². The number of nitrogens with one attached hydrogen (secondary N) is 1. The number of ether oxygens (including phenoxy) is 4. The molecule has 3 heterocycles. The van der Waals surface area contributed by atoms with Crippen LogP contribution in [0.15, 0.2) is 54.9 Å². The third-order valence-corrected chi connectivity index (χ3v) is 6.01. The molecule has 0 amide bonds. The maximum atomic E-state index is 14.5. The van der Waals surface area contributed by atoms with E-state index in [0.29, 0.717) is 24.8 Å². The summed E-state index contributed by atoms with van der Waals surface area (Å²) in [5.74, 6) is 2.04. The molecule has 5 rings (SSSR count). The highest BCUT2D eigenvalue weighted by atomic mass is 19.1. The van der Waals surface area contributed by atoms with Gasteiger partial charge in [0.05, 0.1) is 37.3 Å². The molecule has 1 fully saturated rings. The molecule has 0 spiro atoms. The Labute approximate surface area is 202 Å². The molecule has 9 heteroatoms. The largest absolute Gasteiger partial charge is 0.494 e. The number of imidazole rings is 1. The lowest BCUT2D eigenvalue weighted by molar-refractivity contribution is 0.142. The maximum Gasteiger partial charge on any atom is 0.218 e. The van der Waals surface area contributed by atoms with Gasteiger partial charge in [0.15, 0.2) is 11.5 Å². The Morgan fingerprint density at radius 2 is 1.89 bits per heavy atom. The van der Waals surface area contributed by atoms with Crippen LogP contribution in [0.2, 0.25) is 0 Å². The van der Waals surface area contributed by atoms with Gasteiger partial charge in [-0.1, -0.05) is 6.07 Å². The highest BCUT2D eigenvalue weighted by Gasteiger charge is 2.26. The molecule has 4 aromatic rings. The molecule has 1 N–H and O–H groups in total. The van der Waals surface area contributed by atoms with Crippen molar-refractivity contribution >= 4 is 5.52 Å². The number of fused-ring (bicyclic) bond motifs is 1. The molecule has 0 aliphatic carbocycles. The second-order valence-corrected chi connectivity index (χ2v) is 8.21. The average molecular weight is 479 g/mol. The van der Waals surface area contributed by atoms with Crippen LogP contribution in [-0.2, 0) is 4.74 Å². The number of aromatic nitrogens is 3. The molecule has 35 heavy (non-hydrogen) atoms. The van der Waals surface area contributed by atoms with E-state index >= 15 is 0 Å². The summed E-state index contributed by atoms with van der Waals surface area (Å²) in [4.78, 5) is 9.43. The van der Waals surface area contributed by atoms with Crippen molar-refractivity contribution in [3.05, 3.63) is 66.5 Å². The molecule has 1 aliphatic rings. The fourth-order valence-corrected chi connectivity index (χ4v) is 4.26. The summed E-state index contributed by atoms with van der Waals surface area (Å²) < 4.78 is 38.4. The normalized spacial score (nSPS) is 15.5. The predicted octanol–water partition coefficient (Wildman–Crippen LogP) is 4.44. The van der Waals surface area contributed by atoms with Crippen molar-refractivity contribution in [3.63, 3.8) is 0 Å². The smallest absolute Gasteiger partial charge is 0.218 e. The minimum Gasteiger partial charge on any atom is -0.494 e. The van der Waals surface area contributed by atoms with Crippen LogP contribution in [0.3, 0.4) is 0 Å². The zero-order valence-electron chi connectivity index (χ0n) is 19.7. The van der Waals surface area contributed by atoms with Gasteiger partial charge in [0, 0.05) is 25.1 Å². The number of nitrogens with zero attached hydrogens (tertiary/aromatic N) is 3. The van der Waals surface area contributed by atoms with Crippen LogP contribution < -0.4 is 19.5 Å². The van der Waals surface area contributed by atoms with E-state index in [1.165, 1.54) is 7.11 Å². The second-order valence-electron chi connectivity index (χ2n) is 8.21. The van der Waals surface area contributed by atoms with Crippen molar-refractivity contribution in [1.82, 2.24) is 19.7 Å². The van der Waals surface area contributed by atoms with E-state index in [2.05, 4.69) is 10.3 Å². The monoisotopic (exact) mass is 478 g/mol. The van der Waals surface area contributed by atoms with Crippen LogP contribution >= 0.6 is 0 Å². The Balaban J connectivity index is 1.49. The summed E-state index contributed by atoms with van der Waals surface area (Å²) in [6, 6.07) is 12.2. The van der Waals surface area contributed by atoms with E-state index in [1.54, 1.807) is 49.8 Å². The topological polar surface area (TPSA) is 79.1 Å². The number of hydrogen-bond donors (Lipinski definition) is 1. The summed E-state index contributed by atoms with van der Waals surface area (Å²) in [5.41, 5.74) is 2.55. The van der Waals surface area contributed by atoms with Gasteiger partial charge in [-0.3, -0.25) is 9.38 Å². The standard InChI is InChI=1S/C26H27FN4O4/c1-32-12-13-34-23-16-29-15-20-25(30-26(31(20)23)18-10-11-28-14-18)17-6-8-19(9-7-17)35-22-5-3-4-21(33-2)24(22)27/h3-9,15-16,18,28H,10-14H2,1-2H3.